The summed E-state index contributed by atoms with van der Waals surface area (Å²) in [6.45, 7) is 8.12. The zero-order valence-electron chi connectivity index (χ0n) is 18.7. The van der Waals surface area contributed by atoms with Crippen molar-refractivity contribution in [3.63, 3.8) is 0 Å². The number of nitrogens with one attached hydrogen (secondary N) is 1. The molecule has 4 aromatic rings. The molecule has 5 nitrogen and oxygen atoms in total. The molecule has 0 spiro atoms. The second-order valence-corrected chi connectivity index (χ2v) is 8.89. The van der Waals surface area contributed by atoms with Crippen LogP contribution in [0.3, 0.4) is 0 Å². The van der Waals surface area contributed by atoms with E-state index in [1.54, 1.807) is 0 Å². The van der Waals surface area contributed by atoms with E-state index in [1.165, 1.54) is 22.9 Å². The summed E-state index contributed by atoms with van der Waals surface area (Å²) in [6.07, 6.45) is 0. The zero-order chi connectivity index (χ0) is 22.7. The Morgan fingerprint density at radius 1 is 0.844 bits per heavy atom. The summed E-state index contributed by atoms with van der Waals surface area (Å²) in [5.41, 5.74) is 7.29. The normalized spacial score (nSPS) is 10.9. The van der Waals surface area contributed by atoms with Gasteiger partial charge >= 0.3 is 0 Å². The molecule has 0 radical (unpaired) electrons. The van der Waals surface area contributed by atoms with Gasteiger partial charge in [-0.1, -0.05) is 77.5 Å². The first kappa shape index (κ1) is 21.8. The largest absolute Gasteiger partial charge is 0.325 e. The van der Waals surface area contributed by atoms with E-state index in [9.17, 15) is 4.79 Å². The molecule has 1 aromatic heterocycles. The van der Waals surface area contributed by atoms with E-state index in [2.05, 4.69) is 65.8 Å². The number of benzene rings is 3. The van der Waals surface area contributed by atoms with Crippen LogP contribution in [0.1, 0.15) is 22.3 Å². The fraction of sp³-hybridized carbons (Fsp3) is 0.192. The Balaban J connectivity index is 1.61. The summed E-state index contributed by atoms with van der Waals surface area (Å²) in [5.74, 6) is 0.931. The molecule has 0 fully saturated rings. The van der Waals surface area contributed by atoms with Gasteiger partial charge in [-0.25, -0.2) is 0 Å². The van der Waals surface area contributed by atoms with Gasteiger partial charge in [0.2, 0.25) is 5.91 Å². The molecule has 0 aliphatic carbocycles. The molecule has 32 heavy (non-hydrogen) atoms. The quantitative estimate of drug-likeness (QED) is 0.378. The lowest BCUT2D eigenvalue weighted by Crippen LogP contribution is -2.16. The van der Waals surface area contributed by atoms with Crippen LogP contribution < -0.4 is 5.32 Å². The highest BCUT2D eigenvalue weighted by atomic mass is 32.2. The van der Waals surface area contributed by atoms with Gasteiger partial charge in [0.25, 0.3) is 0 Å². The van der Waals surface area contributed by atoms with Crippen LogP contribution in [0.2, 0.25) is 0 Å². The average Bonchev–Trinajstić information content (AvgIpc) is 3.20. The Hall–Kier alpha value is -3.38. The molecule has 4 rings (SSSR count). The number of rotatable bonds is 6. The van der Waals surface area contributed by atoms with Crippen molar-refractivity contribution in [3.05, 3.63) is 89.0 Å². The van der Waals surface area contributed by atoms with E-state index in [0.717, 1.165) is 33.9 Å². The first-order valence-corrected chi connectivity index (χ1v) is 11.5. The van der Waals surface area contributed by atoms with Crippen LogP contribution in [0, 0.1) is 27.7 Å². The third-order valence-electron chi connectivity index (χ3n) is 5.31. The number of carbonyl (C=O) groups is 1. The number of hydrogen-bond acceptors (Lipinski definition) is 4. The van der Waals surface area contributed by atoms with E-state index in [-0.39, 0.29) is 11.7 Å². The minimum atomic E-state index is -0.0669. The second-order valence-electron chi connectivity index (χ2n) is 7.95. The van der Waals surface area contributed by atoms with Gasteiger partial charge in [0.15, 0.2) is 11.0 Å². The number of aryl methyl sites for hydroxylation is 4. The standard InChI is InChI=1S/C26H26N4OS/c1-17-8-12-21(13-9-17)25-28-29-26(30(25)22-14-10-18(2)11-15-22)32-16-23(31)27-24-19(3)6-5-7-20(24)4/h5-15H,16H2,1-4H3,(H,27,31). The van der Waals surface area contributed by atoms with Crippen molar-refractivity contribution in [3.8, 4) is 17.1 Å². The minimum Gasteiger partial charge on any atom is -0.325 e. The predicted octanol–water partition coefficient (Wildman–Crippen LogP) is 5.90. The molecular formula is C26H26N4OS. The monoisotopic (exact) mass is 442 g/mol. The second kappa shape index (κ2) is 9.40. The van der Waals surface area contributed by atoms with E-state index in [4.69, 9.17) is 0 Å². The minimum absolute atomic E-state index is 0.0669. The lowest BCUT2D eigenvalue weighted by molar-refractivity contribution is -0.113. The number of anilines is 1. The maximum absolute atomic E-state index is 12.7. The number of carbonyl (C=O) groups excluding carboxylic acids is 1. The Kier molecular flexibility index (Phi) is 6.42. The molecule has 0 aliphatic heterocycles. The highest BCUT2D eigenvalue weighted by molar-refractivity contribution is 7.99. The highest BCUT2D eigenvalue weighted by Gasteiger charge is 2.18. The summed E-state index contributed by atoms with van der Waals surface area (Å²) in [7, 11) is 0. The van der Waals surface area contributed by atoms with Crippen molar-refractivity contribution in [2.75, 3.05) is 11.1 Å². The van der Waals surface area contributed by atoms with Gasteiger partial charge in [0.1, 0.15) is 0 Å². The molecule has 0 aliphatic rings. The molecule has 0 saturated heterocycles. The number of thioether (sulfide) groups is 1. The van der Waals surface area contributed by atoms with Crippen molar-refractivity contribution in [1.82, 2.24) is 14.8 Å². The van der Waals surface area contributed by atoms with E-state index < -0.39 is 0 Å². The van der Waals surface area contributed by atoms with Crippen molar-refractivity contribution in [1.29, 1.82) is 0 Å². The van der Waals surface area contributed by atoms with Gasteiger partial charge in [-0.2, -0.15) is 0 Å². The molecule has 0 bridgehead atoms. The fourth-order valence-corrected chi connectivity index (χ4v) is 4.25. The molecule has 1 N–H and O–H groups in total. The maximum Gasteiger partial charge on any atom is 0.234 e. The molecule has 0 saturated carbocycles. The maximum atomic E-state index is 12.7. The SMILES string of the molecule is Cc1ccc(-c2nnc(SCC(=O)Nc3c(C)cccc3C)n2-c2ccc(C)cc2)cc1. The van der Waals surface area contributed by atoms with Gasteiger partial charge in [-0.3, -0.25) is 9.36 Å². The Bertz CT molecular complexity index is 1220. The van der Waals surface area contributed by atoms with Gasteiger partial charge in [0.05, 0.1) is 5.75 Å². The van der Waals surface area contributed by atoms with Gasteiger partial charge in [-0.15, -0.1) is 10.2 Å². The Morgan fingerprint density at radius 3 is 2.06 bits per heavy atom. The van der Waals surface area contributed by atoms with Crippen LogP contribution in [0.4, 0.5) is 5.69 Å². The van der Waals surface area contributed by atoms with Crippen molar-refractivity contribution < 1.29 is 4.79 Å². The lowest BCUT2D eigenvalue weighted by Gasteiger charge is -2.12. The molecule has 0 unspecified atom stereocenters. The van der Waals surface area contributed by atoms with Gasteiger partial charge < -0.3 is 5.32 Å². The van der Waals surface area contributed by atoms with Crippen molar-refractivity contribution >= 4 is 23.4 Å². The smallest absolute Gasteiger partial charge is 0.234 e. The topological polar surface area (TPSA) is 59.8 Å². The molecular weight excluding hydrogens is 416 g/mol. The van der Waals surface area contributed by atoms with E-state index >= 15 is 0 Å². The summed E-state index contributed by atoms with van der Waals surface area (Å²) < 4.78 is 2.01. The summed E-state index contributed by atoms with van der Waals surface area (Å²) in [6, 6.07) is 22.4. The molecule has 0 atom stereocenters. The van der Waals surface area contributed by atoms with Crippen molar-refractivity contribution in [2.45, 2.75) is 32.9 Å². The van der Waals surface area contributed by atoms with Crippen LogP contribution in [0.5, 0.6) is 0 Å². The zero-order valence-corrected chi connectivity index (χ0v) is 19.5. The fourth-order valence-electron chi connectivity index (χ4n) is 3.50. The number of hydrogen-bond donors (Lipinski definition) is 1. The third-order valence-corrected chi connectivity index (χ3v) is 6.24. The molecule has 162 valence electrons. The molecule has 1 amide bonds. The average molecular weight is 443 g/mol. The van der Waals surface area contributed by atoms with Crippen molar-refractivity contribution in [2.24, 2.45) is 0 Å². The van der Waals surface area contributed by atoms with Crippen LogP contribution in [-0.4, -0.2) is 26.4 Å². The molecule has 3 aromatic carbocycles. The van der Waals surface area contributed by atoms with E-state index in [0.29, 0.717) is 5.16 Å². The van der Waals surface area contributed by atoms with Crippen LogP contribution in [-0.2, 0) is 4.79 Å². The third kappa shape index (κ3) is 4.75. The Morgan fingerprint density at radius 2 is 1.44 bits per heavy atom. The predicted molar refractivity (Wildman–Crippen MR) is 132 cm³/mol. The van der Waals surface area contributed by atoms with Gasteiger partial charge in [0, 0.05) is 16.9 Å². The first-order valence-electron chi connectivity index (χ1n) is 10.5. The van der Waals surface area contributed by atoms with Crippen LogP contribution >= 0.6 is 11.8 Å². The van der Waals surface area contributed by atoms with E-state index in [1.807, 2.05) is 48.7 Å². The number of amides is 1. The number of aromatic nitrogens is 3. The summed E-state index contributed by atoms with van der Waals surface area (Å²) in [4.78, 5) is 12.7. The number of nitrogens with zero attached hydrogens (tertiary/aromatic N) is 3. The molecule has 1 heterocycles. The number of para-hydroxylation sites is 1. The van der Waals surface area contributed by atoms with Crippen LogP contribution in [0.25, 0.3) is 17.1 Å². The Labute approximate surface area is 192 Å². The summed E-state index contributed by atoms with van der Waals surface area (Å²) >= 11 is 1.38. The molecule has 6 heteroatoms. The lowest BCUT2D eigenvalue weighted by atomic mass is 10.1. The van der Waals surface area contributed by atoms with Crippen LogP contribution in [0.15, 0.2) is 71.9 Å². The van der Waals surface area contributed by atoms with Gasteiger partial charge in [-0.05, 0) is 51.0 Å². The first-order chi connectivity index (χ1) is 15.4. The highest BCUT2D eigenvalue weighted by Crippen LogP contribution is 2.29. The summed E-state index contributed by atoms with van der Waals surface area (Å²) in [5, 5.41) is 12.6.